The Labute approximate surface area is 247 Å². The monoisotopic (exact) mass is 712 g/mol. The van der Waals surface area contributed by atoms with Gasteiger partial charge in [-0.05, 0) is 24.6 Å². The van der Waals surface area contributed by atoms with E-state index >= 15 is 0 Å². The van der Waals surface area contributed by atoms with Crippen molar-refractivity contribution in [3.63, 3.8) is 0 Å². The van der Waals surface area contributed by atoms with Crippen molar-refractivity contribution in [2.24, 2.45) is 0 Å². The maximum absolute atomic E-state index is 2.41. The van der Waals surface area contributed by atoms with Gasteiger partial charge in [-0.15, -0.1) is 80.7 Å². The molecule has 0 aliphatic carbocycles. The standard InChI is InChI=1S/2C15H20P.2ClH.Hf/c2*1-3-9-16(10-4-2)15-11-13-7-5-6-8-14(13)12-15;;;/h2*5-8,11-12H,3-4,9-10H2,1-2H3;2*1H;/q2*-1;;;+4/p-2. The van der Waals surface area contributed by atoms with Crippen LogP contribution in [0.3, 0.4) is 0 Å². The quantitative estimate of drug-likeness (QED) is 0.135. The van der Waals surface area contributed by atoms with Crippen LogP contribution in [0.2, 0.25) is 0 Å². The summed E-state index contributed by atoms with van der Waals surface area (Å²) < 4.78 is 0. The molecular formula is C30H40Cl2HfP2. The maximum Gasteiger partial charge on any atom is 4.00 e. The van der Waals surface area contributed by atoms with Crippen LogP contribution in [-0.4, -0.2) is 24.6 Å². The van der Waals surface area contributed by atoms with Crippen molar-refractivity contribution in [3.05, 3.63) is 72.8 Å². The number of halogens is 2. The first-order chi connectivity index (χ1) is 15.7. The normalized spacial score (nSPS) is 10.5. The summed E-state index contributed by atoms with van der Waals surface area (Å²) in [6, 6.07) is 27.1. The minimum Gasteiger partial charge on any atom is -1.00 e. The van der Waals surface area contributed by atoms with Crippen molar-refractivity contribution in [3.8, 4) is 0 Å². The third-order valence-electron chi connectivity index (χ3n) is 5.91. The van der Waals surface area contributed by atoms with Gasteiger partial charge >= 0.3 is 25.8 Å². The van der Waals surface area contributed by atoms with Crippen molar-refractivity contribution in [2.75, 3.05) is 24.6 Å². The zero-order chi connectivity index (χ0) is 22.8. The number of fused-ring (bicyclic) bond motifs is 2. The van der Waals surface area contributed by atoms with Crippen LogP contribution in [-0.2, 0) is 25.8 Å². The second-order valence-electron chi connectivity index (χ2n) is 8.66. The Hall–Kier alpha value is -0.0299. The Morgan fingerprint density at radius 1 is 0.543 bits per heavy atom. The predicted molar refractivity (Wildman–Crippen MR) is 153 cm³/mol. The van der Waals surface area contributed by atoms with Gasteiger partial charge in [0.1, 0.15) is 0 Å². The molecular weight excluding hydrogens is 672 g/mol. The molecule has 0 aliphatic rings. The first-order valence-electron chi connectivity index (χ1n) is 12.5. The molecule has 35 heavy (non-hydrogen) atoms. The van der Waals surface area contributed by atoms with Crippen molar-refractivity contribution in [1.29, 1.82) is 0 Å². The van der Waals surface area contributed by atoms with Gasteiger partial charge in [0.2, 0.25) is 0 Å². The van der Waals surface area contributed by atoms with Crippen LogP contribution in [0, 0.1) is 0 Å². The van der Waals surface area contributed by atoms with E-state index in [1.807, 2.05) is 0 Å². The number of rotatable bonds is 10. The van der Waals surface area contributed by atoms with Crippen LogP contribution in [0.15, 0.2) is 72.8 Å². The Morgan fingerprint density at radius 2 is 0.857 bits per heavy atom. The molecule has 0 atom stereocenters. The van der Waals surface area contributed by atoms with Crippen molar-refractivity contribution in [1.82, 2.24) is 0 Å². The summed E-state index contributed by atoms with van der Waals surface area (Å²) in [5, 5.41) is 8.88. The van der Waals surface area contributed by atoms with E-state index in [1.54, 1.807) is 10.6 Å². The van der Waals surface area contributed by atoms with Crippen LogP contribution in [0.4, 0.5) is 0 Å². The summed E-state index contributed by atoms with van der Waals surface area (Å²) in [7, 11) is 0.194. The largest absolute Gasteiger partial charge is 4.00 e. The second kappa shape index (κ2) is 19.1. The topological polar surface area (TPSA) is 0 Å². The van der Waals surface area contributed by atoms with Gasteiger partial charge in [-0.2, -0.15) is 12.1 Å². The molecule has 0 radical (unpaired) electrons. The molecule has 4 rings (SSSR count). The third-order valence-corrected chi connectivity index (χ3v) is 11.8. The average Bonchev–Trinajstić information content (AvgIpc) is 3.43. The summed E-state index contributed by atoms with van der Waals surface area (Å²) in [4.78, 5) is 0. The fraction of sp³-hybridized carbons (Fsp3) is 0.400. The number of hydrogen-bond acceptors (Lipinski definition) is 0. The van der Waals surface area contributed by atoms with Gasteiger partial charge < -0.3 is 24.8 Å². The van der Waals surface area contributed by atoms with E-state index in [-0.39, 0.29) is 66.5 Å². The molecule has 0 aromatic heterocycles. The van der Waals surface area contributed by atoms with Gasteiger partial charge in [-0.3, -0.25) is 0 Å². The Bertz CT molecular complexity index is 908. The summed E-state index contributed by atoms with van der Waals surface area (Å²) in [5.41, 5.74) is 0. The van der Waals surface area contributed by atoms with E-state index in [2.05, 4.69) is 100 Å². The van der Waals surface area contributed by atoms with Crippen LogP contribution < -0.4 is 35.4 Å². The van der Waals surface area contributed by atoms with Crippen LogP contribution in [0.1, 0.15) is 53.4 Å². The number of hydrogen-bond donors (Lipinski definition) is 0. The van der Waals surface area contributed by atoms with Gasteiger partial charge in [-0.1, -0.05) is 81.4 Å². The summed E-state index contributed by atoms with van der Waals surface area (Å²) in [6.45, 7) is 9.20. The summed E-state index contributed by atoms with van der Waals surface area (Å²) in [5.74, 6) is 0. The molecule has 4 aromatic rings. The molecule has 0 nitrogen and oxygen atoms in total. The first kappa shape index (κ1) is 35.0. The summed E-state index contributed by atoms with van der Waals surface area (Å²) in [6.07, 6.45) is 10.8. The molecule has 188 valence electrons. The van der Waals surface area contributed by atoms with Crippen molar-refractivity contribution in [2.45, 2.75) is 53.4 Å². The zero-order valence-electron chi connectivity index (χ0n) is 21.7. The predicted octanol–water partition coefficient (Wildman–Crippen LogP) is 2.98. The molecule has 5 heteroatoms. The SMILES string of the molecule is CCCP(CCC)c1cc2ccccc2[cH-]1.CCCP(CCC)c1cc2ccccc2[cH-]1.[Cl-].[Cl-].[Hf+4]. The fourth-order valence-corrected chi connectivity index (χ4v) is 9.38. The molecule has 0 bridgehead atoms. The Kier molecular flexibility index (Phi) is 19.1. The van der Waals surface area contributed by atoms with Gasteiger partial charge in [0.05, 0.1) is 0 Å². The van der Waals surface area contributed by atoms with Crippen LogP contribution in [0.5, 0.6) is 0 Å². The van der Waals surface area contributed by atoms with Gasteiger partial charge in [-0.25, -0.2) is 0 Å². The molecule has 0 amide bonds. The van der Waals surface area contributed by atoms with E-state index < -0.39 is 0 Å². The zero-order valence-corrected chi connectivity index (χ0v) is 28.6. The van der Waals surface area contributed by atoms with Crippen LogP contribution >= 0.6 is 15.8 Å². The first-order valence-corrected chi connectivity index (χ1v) is 15.9. The van der Waals surface area contributed by atoms with Gasteiger partial charge in [0, 0.05) is 0 Å². The Morgan fingerprint density at radius 3 is 1.14 bits per heavy atom. The molecule has 0 N–H and O–H groups in total. The van der Waals surface area contributed by atoms with E-state index in [9.17, 15) is 0 Å². The smallest absolute Gasteiger partial charge is 1.00 e. The molecule has 0 unspecified atom stereocenters. The van der Waals surface area contributed by atoms with Crippen molar-refractivity contribution < 1.29 is 50.7 Å². The molecule has 4 aromatic carbocycles. The fourth-order valence-electron chi connectivity index (χ4n) is 4.45. The van der Waals surface area contributed by atoms with E-state index in [0.29, 0.717) is 0 Å². The number of benzene rings is 2. The molecule has 0 saturated heterocycles. The van der Waals surface area contributed by atoms with E-state index in [4.69, 9.17) is 0 Å². The molecule has 0 saturated carbocycles. The minimum atomic E-state index is 0. The van der Waals surface area contributed by atoms with Crippen LogP contribution in [0.25, 0.3) is 21.5 Å². The molecule has 0 fully saturated rings. The molecule has 0 aliphatic heterocycles. The van der Waals surface area contributed by atoms with Crippen molar-refractivity contribution >= 4 is 48.0 Å². The molecule has 0 heterocycles. The Balaban J connectivity index is 0.000000608. The maximum atomic E-state index is 2.41. The second-order valence-corrected chi connectivity index (χ2v) is 13.6. The third kappa shape index (κ3) is 10.3. The minimum absolute atomic E-state index is 0. The average molecular weight is 712 g/mol. The van der Waals surface area contributed by atoms with E-state index in [0.717, 1.165) is 0 Å². The van der Waals surface area contributed by atoms with Gasteiger partial charge in [0.15, 0.2) is 0 Å². The van der Waals surface area contributed by atoms with E-state index in [1.165, 1.54) is 71.9 Å². The molecule has 0 spiro atoms. The van der Waals surface area contributed by atoms with Gasteiger partial charge in [0.25, 0.3) is 0 Å². The summed E-state index contributed by atoms with van der Waals surface area (Å²) >= 11 is 0.